The van der Waals surface area contributed by atoms with Gasteiger partial charge in [-0.3, -0.25) is 4.79 Å². The number of carbonyl (C=O) groups excluding carboxylic acids is 1. The predicted molar refractivity (Wildman–Crippen MR) is 130 cm³/mol. The second-order valence-electron chi connectivity index (χ2n) is 7.34. The first-order chi connectivity index (χ1) is 16.4. The number of nitrogens with zero attached hydrogens (tertiary/aromatic N) is 3. The largest absolute Gasteiger partial charge is 0.496 e. The molecular formula is C24H21ClN4O4S. The fraction of sp³-hybridized carbons (Fsp3) is 0.167. The lowest BCUT2D eigenvalue weighted by Gasteiger charge is -2.15. The molecule has 2 aromatic heterocycles. The first-order valence-electron chi connectivity index (χ1n) is 10.2. The van der Waals surface area contributed by atoms with Crippen LogP contribution >= 0.6 is 22.9 Å². The minimum Gasteiger partial charge on any atom is -0.496 e. The number of aryl methyl sites for hydroxylation is 1. The van der Waals surface area contributed by atoms with E-state index in [1.165, 1.54) is 18.4 Å². The van der Waals surface area contributed by atoms with Gasteiger partial charge in [-0.1, -0.05) is 29.0 Å². The van der Waals surface area contributed by atoms with Crippen molar-refractivity contribution in [2.45, 2.75) is 20.1 Å². The topological polar surface area (TPSA) is 120 Å². The van der Waals surface area contributed by atoms with Crippen LogP contribution in [-0.2, 0) is 13.2 Å². The Morgan fingerprint density at radius 3 is 2.56 bits per heavy atom. The van der Waals surface area contributed by atoms with Gasteiger partial charge >= 0.3 is 0 Å². The maximum absolute atomic E-state index is 12.6. The molecule has 0 radical (unpaired) electrons. The van der Waals surface area contributed by atoms with E-state index in [1.807, 2.05) is 6.92 Å². The molecule has 1 amide bonds. The van der Waals surface area contributed by atoms with Crippen LogP contribution in [0.3, 0.4) is 0 Å². The minimum atomic E-state index is -0.664. The predicted octanol–water partition coefficient (Wildman–Crippen LogP) is 4.41. The number of hydrogen-bond donors (Lipinski definition) is 2. The molecule has 0 aliphatic carbocycles. The molecule has 3 N–H and O–H groups in total. The highest BCUT2D eigenvalue weighted by atomic mass is 35.5. The molecule has 0 saturated heterocycles. The van der Waals surface area contributed by atoms with E-state index in [0.717, 1.165) is 0 Å². The maximum Gasteiger partial charge on any atom is 0.251 e. The number of carbonyl (C=O) groups is 1. The molecule has 2 heterocycles. The van der Waals surface area contributed by atoms with Crippen molar-refractivity contribution in [3.63, 3.8) is 0 Å². The minimum absolute atomic E-state index is 0.160. The highest BCUT2D eigenvalue weighted by Crippen LogP contribution is 2.38. The molecule has 174 valence electrons. The van der Waals surface area contributed by atoms with Gasteiger partial charge in [-0.05, 0) is 55.0 Å². The van der Waals surface area contributed by atoms with Crippen LogP contribution in [0.4, 0.5) is 0 Å². The summed E-state index contributed by atoms with van der Waals surface area (Å²) < 4.78 is 11.2. The van der Waals surface area contributed by atoms with Crippen molar-refractivity contribution in [2.24, 2.45) is 5.73 Å². The number of aliphatic hydroxyl groups excluding tert-OH is 1. The number of methoxy groups -OCH3 is 1. The van der Waals surface area contributed by atoms with Gasteiger partial charge in [0.15, 0.2) is 10.0 Å². The highest BCUT2D eigenvalue weighted by Gasteiger charge is 2.24. The van der Waals surface area contributed by atoms with Gasteiger partial charge in [0.2, 0.25) is 0 Å². The SMILES string of the molecule is COc1ccc(CO)cc1-c1cc(C)nc(-c2nnc(COc3ccc(Cl)cc3)s2)c1C(N)=O. The third-order valence-corrected chi connectivity index (χ3v) is 6.13. The summed E-state index contributed by atoms with van der Waals surface area (Å²) in [6.45, 7) is 1.84. The van der Waals surface area contributed by atoms with Gasteiger partial charge in [0.05, 0.1) is 19.3 Å². The Bertz CT molecular complexity index is 1340. The van der Waals surface area contributed by atoms with E-state index in [0.29, 0.717) is 54.6 Å². The molecule has 0 unspecified atom stereocenters. The highest BCUT2D eigenvalue weighted by molar-refractivity contribution is 7.14. The zero-order valence-electron chi connectivity index (χ0n) is 18.4. The Morgan fingerprint density at radius 1 is 1.12 bits per heavy atom. The number of nitrogens with two attached hydrogens (primary N) is 1. The van der Waals surface area contributed by atoms with Crippen LogP contribution in [0.1, 0.15) is 26.6 Å². The molecule has 0 aliphatic heterocycles. The normalized spacial score (nSPS) is 10.8. The summed E-state index contributed by atoms with van der Waals surface area (Å²) in [6, 6.07) is 14.0. The number of amides is 1. The number of primary amides is 1. The van der Waals surface area contributed by atoms with Crippen molar-refractivity contribution in [3.05, 3.63) is 75.4 Å². The first kappa shape index (κ1) is 23.6. The molecule has 0 atom stereocenters. The van der Waals surface area contributed by atoms with Crippen molar-refractivity contribution in [1.29, 1.82) is 0 Å². The van der Waals surface area contributed by atoms with Crippen LogP contribution in [0.25, 0.3) is 21.8 Å². The summed E-state index contributed by atoms with van der Waals surface area (Å²) in [6.07, 6.45) is 0. The van der Waals surface area contributed by atoms with Crippen molar-refractivity contribution in [3.8, 4) is 33.3 Å². The third-order valence-electron chi connectivity index (χ3n) is 4.98. The van der Waals surface area contributed by atoms with Gasteiger partial charge in [0.25, 0.3) is 5.91 Å². The molecule has 10 heteroatoms. The molecule has 0 saturated carbocycles. The van der Waals surface area contributed by atoms with Crippen LogP contribution in [0.2, 0.25) is 5.02 Å². The Hall–Kier alpha value is -3.53. The molecule has 4 aromatic rings. The van der Waals surface area contributed by atoms with E-state index in [9.17, 15) is 9.90 Å². The quantitative estimate of drug-likeness (QED) is 0.370. The summed E-state index contributed by atoms with van der Waals surface area (Å²) in [4.78, 5) is 17.2. The second-order valence-corrected chi connectivity index (χ2v) is 8.83. The molecule has 2 aromatic carbocycles. The van der Waals surface area contributed by atoms with Gasteiger partial charge in [-0.25, -0.2) is 4.98 Å². The Balaban J connectivity index is 1.75. The van der Waals surface area contributed by atoms with Crippen LogP contribution < -0.4 is 15.2 Å². The molecular weight excluding hydrogens is 476 g/mol. The van der Waals surface area contributed by atoms with Crippen molar-refractivity contribution < 1.29 is 19.4 Å². The van der Waals surface area contributed by atoms with Gasteiger partial charge < -0.3 is 20.3 Å². The number of ether oxygens (including phenoxy) is 2. The monoisotopic (exact) mass is 496 g/mol. The number of rotatable bonds is 8. The molecule has 0 bridgehead atoms. The van der Waals surface area contributed by atoms with Gasteiger partial charge in [0, 0.05) is 21.8 Å². The summed E-state index contributed by atoms with van der Waals surface area (Å²) >= 11 is 7.16. The number of halogens is 1. The first-order valence-corrected chi connectivity index (χ1v) is 11.4. The van der Waals surface area contributed by atoms with E-state index in [-0.39, 0.29) is 18.8 Å². The maximum atomic E-state index is 12.6. The van der Waals surface area contributed by atoms with Crippen LogP contribution in [-0.4, -0.2) is 33.3 Å². The molecule has 0 spiro atoms. The van der Waals surface area contributed by atoms with Gasteiger partial charge in [-0.2, -0.15) is 0 Å². The number of hydrogen-bond acceptors (Lipinski definition) is 8. The average molecular weight is 497 g/mol. The van der Waals surface area contributed by atoms with Gasteiger partial charge in [-0.15, -0.1) is 10.2 Å². The van der Waals surface area contributed by atoms with Crippen molar-refractivity contribution in [2.75, 3.05) is 7.11 Å². The van der Waals surface area contributed by atoms with E-state index in [2.05, 4.69) is 15.2 Å². The zero-order valence-corrected chi connectivity index (χ0v) is 20.0. The average Bonchev–Trinajstić information content (AvgIpc) is 3.31. The van der Waals surface area contributed by atoms with Crippen LogP contribution in [0.5, 0.6) is 11.5 Å². The number of aromatic nitrogens is 3. The van der Waals surface area contributed by atoms with E-state index < -0.39 is 5.91 Å². The third kappa shape index (κ3) is 5.01. The Kier molecular flexibility index (Phi) is 7.06. The molecule has 8 nitrogen and oxygen atoms in total. The number of pyridine rings is 1. The zero-order chi connectivity index (χ0) is 24.2. The van der Waals surface area contributed by atoms with Crippen LogP contribution in [0, 0.1) is 6.92 Å². The lowest BCUT2D eigenvalue weighted by Crippen LogP contribution is -2.16. The second kappa shape index (κ2) is 10.2. The van der Waals surface area contributed by atoms with E-state index >= 15 is 0 Å². The van der Waals surface area contributed by atoms with E-state index in [4.69, 9.17) is 26.8 Å². The summed E-state index contributed by atoms with van der Waals surface area (Å²) in [5, 5.41) is 19.7. The van der Waals surface area contributed by atoms with Crippen molar-refractivity contribution in [1.82, 2.24) is 15.2 Å². The fourth-order valence-electron chi connectivity index (χ4n) is 3.44. The van der Waals surface area contributed by atoms with E-state index in [1.54, 1.807) is 48.5 Å². The lowest BCUT2D eigenvalue weighted by atomic mass is 9.95. The summed E-state index contributed by atoms with van der Waals surface area (Å²) in [7, 11) is 1.54. The standard InChI is InChI=1S/C24H21ClN4O4S/c1-13-9-18(17-10-14(11-30)3-8-19(17)32-2)21(23(26)31)22(27-13)24-29-28-20(34-24)12-33-16-6-4-15(25)5-7-16/h3-10,30H,11-12H2,1-2H3,(H2,26,31). The fourth-order valence-corrected chi connectivity index (χ4v) is 4.31. The molecule has 0 aliphatic rings. The van der Waals surface area contributed by atoms with Crippen molar-refractivity contribution >= 4 is 28.8 Å². The van der Waals surface area contributed by atoms with Gasteiger partial charge in [0.1, 0.15) is 23.8 Å². The molecule has 4 rings (SSSR count). The summed E-state index contributed by atoms with van der Waals surface area (Å²) in [5.74, 6) is 0.513. The summed E-state index contributed by atoms with van der Waals surface area (Å²) in [5.41, 5.74) is 8.80. The number of aliphatic hydroxyl groups is 1. The smallest absolute Gasteiger partial charge is 0.251 e. The lowest BCUT2D eigenvalue weighted by molar-refractivity contribution is 0.100. The number of benzene rings is 2. The van der Waals surface area contributed by atoms with Crippen LogP contribution in [0.15, 0.2) is 48.5 Å². The Labute approximate surface area is 205 Å². The molecule has 34 heavy (non-hydrogen) atoms. The Morgan fingerprint density at radius 2 is 1.88 bits per heavy atom. The molecule has 0 fully saturated rings.